The average molecular weight is 217 g/mol. The highest BCUT2D eigenvalue weighted by molar-refractivity contribution is 5.32. The van der Waals surface area contributed by atoms with Crippen LogP contribution in [0.15, 0.2) is 41.0 Å². The van der Waals surface area contributed by atoms with Crippen molar-refractivity contribution in [2.75, 3.05) is 0 Å². The van der Waals surface area contributed by atoms with Crippen LogP contribution in [0.2, 0.25) is 0 Å². The number of aryl methyl sites for hydroxylation is 1. The predicted octanol–water partition coefficient (Wildman–Crippen LogP) is 2.63. The Morgan fingerprint density at radius 2 is 2.06 bits per heavy atom. The minimum Gasteiger partial charge on any atom is -0.485 e. The van der Waals surface area contributed by atoms with Crippen LogP contribution in [0.25, 0.3) is 0 Å². The van der Waals surface area contributed by atoms with Gasteiger partial charge in [-0.25, -0.2) is 0 Å². The highest BCUT2D eigenvalue weighted by atomic mass is 16.5. The van der Waals surface area contributed by atoms with Gasteiger partial charge in [0.05, 0.1) is 6.26 Å². The number of hydrogen-bond acceptors (Lipinski definition) is 3. The summed E-state index contributed by atoms with van der Waals surface area (Å²) in [5.74, 6) is 1.67. The fourth-order valence-electron chi connectivity index (χ4n) is 1.54. The molecule has 3 heteroatoms. The van der Waals surface area contributed by atoms with Crippen molar-refractivity contribution in [3.05, 3.63) is 53.5 Å². The molecule has 0 saturated heterocycles. The molecule has 2 N–H and O–H groups in total. The van der Waals surface area contributed by atoms with Gasteiger partial charge in [-0.2, -0.15) is 0 Å². The summed E-state index contributed by atoms with van der Waals surface area (Å²) in [6, 6.07) is 9.77. The quantitative estimate of drug-likeness (QED) is 0.856. The average Bonchev–Trinajstić information content (AvgIpc) is 2.75. The maximum Gasteiger partial charge on any atom is 0.146 e. The summed E-state index contributed by atoms with van der Waals surface area (Å²) < 4.78 is 11.0. The summed E-state index contributed by atoms with van der Waals surface area (Å²) in [4.78, 5) is 0. The SMILES string of the molecule is Cc1ccccc1OCc1occc1CN. The summed E-state index contributed by atoms with van der Waals surface area (Å²) in [6.07, 6.45) is 1.64. The van der Waals surface area contributed by atoms with E-state index in [9.17, 15) is 0 Å². The molecule has 0 amide bonds. The summed E-state index contributed by atoms with van der Waals surface area (Å²) >= 11 is 0. The molecular formula is C13H15NO2. The van der Waals surface area contributed by atoms with Crippen LogP contribution in [0, 0.1) is 6.92 Å². The van der Waals surface area contributed by atoms with E-state index in [2.05, 4.69) is 0 Å². The van der Waals surface area contributed by atoms with E-state index >= 15 is 0 Å². The van der Waals surface area contributed by atoms with Crippen molar-refractivity contribution in [1.82, 2.24) is 0 Å². The molecule has 0 aliphatic heterocycles. The van der Waals surface area contributed by atoms with Gasteiger partial charge in [-0.05, 0) is 24.6 Å². The van der Waals surface area contributed by atoms with E-state index in [1.165, 1.54) is 0 Å². The molecule has 1 aromatic heterocycles. The number of rotatable bonds is 4. The Morgan fingerprint density at radius 1 is 1.25 bits per heavy atom. The molecule has 0 fully saturated rings. The maximum absolute atomic E-state index is 5.67. The zero-order valence-electron chi connectivity index (χ0n) is 9.27. The Bertz CT molecular complexity index is 462. The van der Waals surface area contributed by atoms with E-state index in [4.69, 9.17) is 14.9 Å². The number of ether oxygens (including phenoxy) is 1. The van der Waals surface area contributed by atoms with Crippen molar-refractivity contribution >= 4 is 0 Å². The lowest BCUT2D eigenvalue weighted by Gasteiger charge is -2.07. The second-order valence-electron chi connectivity index (χ2n) is 3.63. The molecule has 2 rings (SSSR count). The van der Waals surface area contributed by atoms with Crippen LogP contribution in [0.5, 0.6) is 5.75 Å². The summed E-state index contributed by atoms with van der Waals surface area (Å²) in [6.45, 7) is 2.91. The minimum atomic E-state index is 0.421. The first kappa shape index (κ1) is 10.8. The monoisotopic (exact) mass is 217 g/mol. The summed E-state index contributed by atoms with van der Waals surface area (Å²) in [5, 5.41) is 0. The van der Waals surface area contributed by atoms with Crippen LogP contribution in [0.3, 0.4) is 0 Å². The van der Waals surface area contributed by atoms with E-state index in [1.54, 1.807) is 6.26 Å². The van der Waals surface area contributed by atoms with Crippen LogP contribution in [0.1, 0.15) is 16.9 Å². The van der Waals surface area contributed by atoms with E-state index in [-0.39, 0.29) is 0 Å². The Morgan fingerprint density at radius 3 is 2.81 bits per heavy atom. The van der Waals surface area contributed by atoms with Crippen molar-refractivity contribution in [1.29, 1.82) is 0 Å². The lowest BCUT2D eigenvalue weighted by Crippen LogP contribution is -2.02. The second-order valence-corrected chi connectivity index (χ2v) is 3.63. The van der Waals surface area contributed by atoms with E-state index < -0.39 is 0 Å². The summed E-state index contributed by atoms with van der Waals surface area (Å²) in [5.41, 5.74) is 7.69. The smallest absolute Gasteiger partial charge is 0.146 e. The first-order valence-corrected chi connectivity index (χ1v) is 5.25. The maximum atomic E-state index is 5.67. The van der Waals surface area contributed by atoms with Gasteiger partial charge in [-0.15, -0.1) is 0 Å². The molecule has 0 unspecified atom stereocenters. The molecule has 3 nitrogen and oxygen atoms in total. The van der Waals surface area contributed by atoms with Gasteiger partial charge in [0.15, 0.2) is 0 Å². The molecule has 0 spiro atoms. The Hall–Kier alpha value is -1.74. The van der Waals surface area contributed by atoms with E-state index in [0.29, 0.717) is 13.2 Å². The number of nitrogens with two attached hydrogens (primary N) is 1. The van der Waals surface area contributed by atoms with Gasteiger partial charge >= 0.3 is 0 Å². The zero-order valence-corrected chi connectivity index (χ0v) is 9.27. The van der Waals surface area contributed by atoms with Crippen molar-refractivity contribution < 1.29 is 9.15 Å². The molecule has 0 aliphatic rings. The van der Waals surface area contributed by atoms with Gasteiger partial charge in [0, 0.05) is 12.1 Å². The minimum absolute atomic E-state index is 0.421. The molecule has 1 aromatic carbocycles. The lowest BCUT2D eigenvalue weighted by molar-refractivity contribution is 0.267. The highest BCUT2D eigenvalue weighted by Gasteiger charge is 2.06. The Labute approximate surface area is 94.8 Å². The molecule has 16 heavy (non-hydrogen) atoms. The summed E-state index contributed by atoms with van der Waals surface area (Å²) in [7, 11) is 0. The van der Waals surface area contributed by atoms with Gasteiger partial charge < -0.3 is 14.9 Å². The molecule has 2 aromatic rings. The topological polar surface area (TPSA) is 48.4 Å². The Kier molecular flexibility index (Phi) is 3.27. The van der Waals surface area contributed by atoms with E-state index in [0.717, 1.165) is 22.6 Å². The molecule has 0 atom stereocenters. The van der Waals surface area contributed by atoms with Crippen LogP contribution < -0.4 is 10.5 Å². The first-order valence-electron chi connectivity index (χ1n) is 5.25. The number of furan rings is 1. The molecule has 0 radical (unpaired) electrons. The molecule has 0 aliphatic carbocycles. The van der Waals surface area contributed by atoms with Crippen molar-refractivity contribution in [3.8, 4) is 5.75 Å². The number of benzene rings is 1. The number of para-hydroxylation sites is 1. The first-order chi connectivity index (χ1) is 7.81. The third-order valence-electron chi connectivity index (χ3n) is 2.51. The fraction of sp³-hybridized carbons (Fsp3) is 0.231. The predicted molar refractivity (Wildman–Crippen MR) is 62.1 cm³/mol. The van der Waals surface area contributed by atoms with Gasteiger partial charge in [0.1, 0.15) is 18.1 Å². The van der Waals surface area contributed by atoms with Crippen molar-refractivity contribution in [2.45, 2.75) is 20.1 Å². The number of hydrogen-bond donors (Lipinski definition) is 1. The molecule has 1 heterocycles. The molecule has 0 saturated carbocycles. The van der Waals surface area contributed by atoms with Gasteiger partial charge in [0.25, 0.3) is 0 Å². The molecular weight excluding hydrogens is 202 g/mol. The largest absolute Gasteiger partial charge is 0.485 e. The third-order valence-corrected chi connectivity index (χ3v) is 2.51. The molecule has 0 bridgehead atoms. The normalized spacial score (nSPS) is 10.4. The van der Waals surface area contributed by atoms with Crippen molar-refractivity contribution in [2.24, 2.45) is 5.73 Å². The van der Waals surface area contributed by atoms with Crippen molar-refractivity contribution in [3.63, 3.8) is 0 Å². The van der Waals surface area contributed by atoms with Gasteiger partial charge in [-0.1, -0.05) is 18.2 Å². The Balaban J connectivity index is 2.05. The van der Waals surface area contributed by atoms with Crippen LogP contribution in [-0.4, -0.2) is 0 Å². The van der Waals surface area contributed by atoms with Crippen LogP contribution >= 0.6 is 0 Å². The third kappa shape index (κ3) is 2.25. The lowest BCUT2D eigenvalue weighted by atomic mass is 10.2. The van der Waals surface area contributed by atoms with Crippen LogP contribution in [0.4, 0.5) is 0 Å². The second kappa shape index (κ2) is 4.86. The van der Waals surface area contributed by atoms with Gasteiger partial charge in [0.2, 0.25) is 0 Å². The standard InChI is InChI=1S/C13H15NO2/c1-10-4-2-3-5-12(10)16-9-13-11(8-14)6-7-15-13/h2-7H,8-9,14H2,1H3. The van der Waals surface area contributed by atoms with E-state index in [1.807, 2.05) is 37.3 Å². The van der Waals surface area contributed by atoms with Crippen LogP contribution in [-0.2, 0) is 13.2 Å². The highest BCUT2D eigenvalue weighted by Crippen LogP contribution is 2.19. The zero-order chi connectivity index (χ0) is 11.4. The van der Waals surface area contributed by atoms with Gasteiger partial charge in [-0.3, -0.25) is 0 Å². The fourth-order valence-corrected chi connectivity index (χ4v) is 1.54. The molecule has 84 valence electrons.